The van der Waals surface area contributed by atoms with E-state index < -0.39 is 21.9 Å². The van der Waals surface area contributed by atoms with E-state index >= 15 is 0 Å². The van der Waals surface area contributed by atoms with E-state index in [0.29, 0.717) is 18.0 Å². The molecule has 0 aliphatic rings. The van der Waals surface area contributed by atoms with Crippen molar-refractivity contribution < 1.29 is 22.4 Å². The van der Waals surface area contributed by atoms with Crippen molar-refractivity contribution in [3.8, 4) is 0 Å². The van der Waals surface area contributed by atoms with E-state index in [9.17, 15) is 22.4 Å². The molecular formula is C29H33ClFN3O4S. The Morgan fingerprint density at radius 2 is 1.64 bits per heavy atom. The molecule has 1 unspecified atom stereocenters. The van der Waals surface area contributed by atoms with Crippen molar-refractivity contribution in [2.45, 2.75) is 38.8 Å². The Bertz CT molecular complexity index is 1370. The normalized spacial score (nSPS) is 12.0. The van der Waals surface area contributed by atoms with Gasteiger partial charge in [0.1, 0.15) is 11.9 Å². The fourth-order valence-corrected chi connectivity index (χ4v) is 5.49. The zero-order valence-corrected chi connectivity index (χ0v) is 23.6. The van der Waals surface area contributed by atoms with Gasteiger partial charge in [0, 0.05) is 37.5 Å². The smallest absolute Gasteiger partial charge is 0.243 e. The van der Waals surface area contributed by atoms with Crippen LogP contribution in [0.1, 0.15) is 30.9 Å². The molecule has 2 amide bonds. The average molecular weight is 574 g/mol. The summed E-state index contributed by atoms with van der Waals surface area (Å²) in [6.45, 7) is 2.25. The van der Waals surface area contributed by atoms with Crippen LogP contribution in [0.4, 0.5) is 10.1 Å². The van der Waals surface area contributed by atoms with Crippen LogP contribution in [0.15, 0.2) is 78.9 Å². The summed E-state index contributed by atoms with van der Waals surface area (Å²) in [5.41, 5.74) is 1.57. The number of hydrogen-bond acceptors (Lipinski definition) is 4. The second-order valence-electron chi connectivity index (χ2n) is 9.14. The number of rotatable bonds is 13. The highest BCUT2D eigenvalue weighted by Crippen LogP contribution is 2.23. The molecule has 3 rings (SSSR count). The van der Waals surface area contributed by atoms with Gasteiger partial charge in [-0.3, -0.25) is 13.9 Å². The maximum absolute atomic E-state index is 14.4. The number of carbonyl (C=O) groups excluding carboxylic acids is 2. The number of carbonyl (C=O) groups is 2. The molecule has 0 saturated heterocycles. The summed E-state index contributed by atoms with van der Waals surface area (Å²) in [6.07, 6.45) is 1.37. The molecule has 208 valence electrons. The van der Waals surface area contributed by atoms with Crippen LogP contribution >= 0.6 is 11.6 Å². The molecule has 0 aliphatic heterocycles. The summed E-state index contributed by atoms with van der Waals surface area (Å²) >= 11 is 6.19. The molecule has 1 N–H and O–H groups in total. The molecule has 0 radical (unpaired) electrons. The molecule has 0 fully saturated rings. The summed E-state index contributed by atoms with van der Waals surface area (Å²) < 4.78 is 40.2. The Morgan fingerprint density at radius 3 is 2.28 bits per heavy atom. The zero-order chi connectivity index (χ0) is 28.4. The van der Waals surface area contributed by atoms with Gasteiger partial charge in [0.25, 0.3) is 0 Å². The molecule has 0 bridgehead atoms. The SMILES string of the molecule is CCNC(=O)C(Cc1ccccc1)N(Cc1cccc(Cl)c1)C(=O)CCCN(c1ccccc1F)S(C)(=O)=O. The fraction of sp³-hybridized carbons (Fsp3) is 0.310. The molecule has 0 aliphatic carbocycles. The lowest BCUT2D eigenvalue weighted by molar-refractivity contribution is -0.141. The number of likely N-dealkylation sites (N-methyl/N-ethyl adjacent to an activating group) is 1. The van der Waals surface area contributed by atoms with Gasteiger partial charge in [-0.25, -0.2) is 12.8 Å². The lowest BCUT2D eigenvalue weighted by atomic mass is 10.0. The van der Waals surface area contributed by atoms with Gasteiger partial charge >= 0.3 is 0 Å². The van der Waals surface area contributed by atoms with Crippen molar-refractivity contribution in [2.75, 3.05) is 23.7 Å². The second-order valence-corrected chi connectivity index (χ2v) is 11.5. The van der Waals surface area contributed by atoms with Gasteiger partial charge in [0.2, 0.25) is 21.8 Å². The van der Waals surface area contributed by atoms with Gasteiger partial charge in [-0.2, -0.15) is 0 Å². The van der Waals surface area contributed by atoms with E-state index in [0.717, 1.165) is 21.7 Å². The fourth-order valence-electron chi connectivity index (χ4n) is 4.31. The molecule has 0 heterocycles. The van der Waals surface area contributed by atoms with Crippen LogP contribution in [0.3, 0.4) is 0 Å². The lowest BCUT2D eigenvalue weighted by Crippen LogP contribution is -2.50. The first-order valence-electron chi connectivity index (χ1n) is 12.7. The first kappa shape index (κ1) is 30.1. The molecule has 3 aromatic rings. The quantitative estimate of drug-likeness (QED) is 0.318. The van der Waals surface area contributed by atoms with Crippen molar-refractivity contribution in [3.63, 3.8) is 0 Å². The molecule has 0 saturated carbocycles. The van der Waals surface area contributed by atoms with Crippen molar-refractivity contribution >= 4 is 39.1 Å². The van der Waals surface area contributed by atoms with Crippen LogP contribution < -0.4 is 9.62 Å². The monoisotopic (exact) mass is 573 g/mol. The van der Waals surface area contributed by atoms with Crippen LogP contribution in [0.2, 0.25) is 5.02 Å². The van der Waals surface area contributed by atoms with E-state index in [1.807, 2.05) is 43.3 Å². The Hall–Kier alpha value is -3.43. The summed E-state index contributed by atoms with van der Waals surface area (Å²) in [4.78, 5) is 28.4. The number of nitrogens with one attached hydrogen (secondary N) is 1. The Labute approximate surface area is 234 Å². The van der Waals surface area contributed by atoms with Crippen LogP contribution in [0.5, 0.6) is 0 Å². The largest absolute Gasteiger partial charge is 0.355 e. The van der Waals surface area contributed by atoms with Gasteiger partial charge in [0.05, 0.1) is 11.9 Å². The summed E-state index contributed by atoms with van der Waals surface area (Å²) in [5.74, 6) is -1.29. The van der Waals surface area contributed by atoms with Gasteiger partial charge < -0.3 is 10.2 Å². The first-order valence-corrected chi connectivity index (χ1v) is 14.9. The third-order valence-electron chi connectivity index (χ3n) is 6.14. The number of amides is 2. The van der Waals surface area contributed by atoms with Gasteiger partial charge in [-0.05, 0) is 48.7 Å². The number of para-hydroxylation sites is 1. The summed E-state index contributed by atoms with van der Waals surface area (Å²) in [6, 6.07) is 21.3. The number of benzene rings is 3. The standard InChI is InChI=1S/C29H33ClFN3O4S/c1-3-32-29(36)27(20-22-11-5-4-6-12-22)33(21-23-13-9-14-24(30)19-23)28(35)17-10-18-34(39(2,37)38)26-16-8-7-15-25(26)31/h4-9,11-16,19,27H,3,10,17-18,20-21H2,1-2H3,(H,32,36). The van der Waals surface area contributed by atoms with Crippen LogP contribution in [-0.2, 0) is 32.6 Å². The molecule has 7 nitrogen and oxygen atoms in total. The maximum Gasteiger partial charge on any atom is 0.243 e. The predicted octanol–water partition coefficient (Wildman–Crippen LogP) is 4.80. The molecule has 0 aromatic heterocycles. The van der Waals surface area contributed by atoms with Crippen molar-refractivity contribution in [3.05, 3.63) is 101 Å². The zero-order valence-electron chi connectivity index (χ0n) is 22.0. The average Bonchev–Trinajstić information content (AvgIpc) is 2.89. The minimum atomic E-state index is -3.80. The van der Waals surface area contributed by atoms with Crippen LogP contribution in [-0.4, -0.2) is 50.5 Å². The maximum atomic E-state index is 14.4. The predicted molar refractivity (Wildman–Crippen MR) is 152 cm³/mol. The van der Waals surface area contributed by atoms with E-state index in [1.54, 1.807) is 24.3 Å². The summed E-state index contributed by atoms with van der Waals surface area (Å²) in [5, 5.41) is 3.34. The minimum absolute atomic E-state index is 0.0499. The van der Waals surface area contributed by atoms with Gasteiger partial charge in [0.15, 0.2) is 0 Å². The van der Waals surface area contributed by atoms with E-state index in [4.69, 9.17) is 11.6 Å². The number of anilines is 1. The molecule has 39 heavy (non-hydrogen) atoms. The molecule has 1 atom stereocenters. The topological polar surface area (TPSA) is 86.8 Å². The highest BCUT2D eigenvalue weighted by molar-refractivity contribution is 7.92. The third kappa shape index (κ3) is 8.80. The minimum Gasteiger partial charge on any atom is -0.355 e. The van der Waals surface area contributed by atoms with Crippen molar-refractivity contribution in [2.24, 2.45) is 0 Å². The molecule has 3 aromatic carbocycles. The van der Waals surface area contributed by atoms with Crippen molar-refractivity contribution in [1.82, 2.24) is 10.2 Å². The Balaban J connectivity index is 1.87. The highest BCUT2D eigenvalue weighted by atomic mass is 35.5. The number of hydrogen-bond donors (Lipinski definition) is 1. The van der Waals surface area contributed by atoms with Gasteiger partial charge in [-0.15, -0.1) is 0 Å². The van der Waals surface area contributed by atoms with Crippen LogP contribution in [0, 0.1) is 5.82 Å². The molecular weight excluding hydrogens is 541 g/mol. The molecule has 0 spiro atoms. The highest BCUT2D eigenvalue weighted by Gasteiger charge is 2.30. The Morgan fingerprint density at radius 1 is 0.974 bits per heavy atom. The molecule has 10 heteroatoms. The number of halogens is 2. The van der Waals surface area contributed by atoms with Gasteiger partial charge in [-0.1, -0.05) is 66.2 Å². The van der Waals surface area contributed by atoms with E-state index in [1.165, 1.54) is 23.1 Å². The van der Waals surface area contributed by atoms with E-state index in [2.05, 4.69) is 5.32 Å². The first-order chi connectivity index (χ1) is 18.6. The lowest BCUT2D eigenvalue weighted by Gasteiger charge is -2.32. The van der Waals surface area contributed by atoms with Crippen LogP contribution in [0.25, 0.3) is 0 Å². The number of nitrogens with zero attached hydrogens (tertiary/aromatic N) is 2. The second kappa shape index (κ2) is 14.1. The Kier molecular flexibility index (Phi) is 10.9. The third-order valence-corrected chi connectivity index (χ3v) is 7.55. The summed E-state index contributed by atoms with van der Waals surface area (Å²) in [7, 11) is -3.80. The van der Waals surface area contributed by atoms with E-state index in [-0.39, 0.29) is 43.4 Å². The number of sulfonamides is 1. The van der Waals surface area contributed by atoms with Crippen molar-refractivity contribution in [1.29, 1.82) is 0 Å².